The van der Waals surface area contributed by atoms with E-state index < -0.39 is 0 Å². The van der Waals surface area contributed by atoms with Gasteiger partial charge in [0.15, 0.2) is 5.75 Å². The van der Waals surface area contributed by atoms with Gasteiger partial charge in [0.1, 0.15) is 11.9 Å². The molecule has 3 N–H and O–H groups in total. The Morgan fingerprint density at radius 1 is 1.30 bits per heavy atom. The van der Waals surface area contributed by atoms with Gasteiger partial charge in [-0.2, -0.15) is 0 Å². The summed E-state index contributed by atoms with van der Waals surface area (Å²) in [5.74, 6) is 0.916. The lowest BCUT2D eigenvalue weighted by molar-refractivity contribution is 0.0921. The SMILES string of the molecule is COC[C@H](C)Oc1cnccc1-c1[nH]c2c(c1Nc1cccc(Cl)c1OC)C(=O)N[C@H](C)C2. The summed E-state index contributed by atoms with van der Waals surface area (Å²) >= 11 is 6.34. The third-order valence-electron chi connectivity index (χ3n) is 5.41. The number of carbonyl (C=O) groups excluding carboxylic acids is 1. The molecule has 1 aromatic carbocycles. The van der Waals surface area contributed by atoms with E-state index in [0.29, 0.717) is 52.2 Å². The summed E-state index contributed by atoms with van der Waals surface area (Å²) in [6.07, 6.45) is 3.84. The van der Waals surface area contributed by atoms with E-state index in [1.54, 1.807) is 32.7 Å². The molecule has 3 aromatic rings. The summed E-state index contributed by atoms with van der Waals surface area (Å²) in [6, 6.07) is 7.29. The normalized spacial score (nSPS) is 16.0. The van der Waals surface area contributed by atoms with Crippen LogP contribution < -0.4 is 20.1 Å². The van der Waals surface area contributed by atoms with E-state index >= 15 is 0 Å². The number of carbonyl (C=O) groups is 1. The highest BCUT2D eigenvalue weighted by Crippen LogP contribution is 2.43. The van der Waals surface area contributed by atoms with E-state index in [2.05, 4.69) is 20.6 Å². The van der Waals surface area contributed by atoms with Gasteiger partial charge in [-0.15, -0.1) is 0 Å². The number of hydrogen-bond donors (Lipinski definition) is 3. The van der Waals surface area contributed by atoms with Crippen molar-refractivity contribution in [1.29, 1.82) is 0 Å². The van der Waals surface area contributed by atoms with Crippen molar-refractivity contribution in [3.8, 4) is 22.8 Å². The zero-order chi connectivity index (χ0) is 23.5. The van der Waals surface area contributed by atoms with Gasteiger partial charge in [0, 0.05) is 37.0 Å². The second kappa shape index (κ2) is 9.72. The molecule has 0 aliphatic carbocycles. The molecule has 1 aliphatic rings. The molecule has 9 heteroatoms. The minimum absolute atomic E-state index is 0.0138. The van der Waals surface area contributed by atoms with Crippen LogP contribution in [0.3, 0.4) is 0 Å². The van der Waals surface area contributed by atoms with Crippen LogP contribution in [-0.4, -0.2) is 48.8 Å². The number of aromatic nitrogens is 2. The molecule has 0 radical (unpaired) electrons. The third kappa shape index (κ3) is 4.62. The average Bonchev–Trinajstić information content (AvgIpc) is 3.12. The number of ether oxygens (including phenoxy) is 3. The van der Waals surface area contributed by atoms with Crippen molar-refractivity contribution < 1.29 is 19.0 Å². The smallest absolute Gasteiger partial charge is 0.255 e. The van der Waals surface area contributed by atoms with Crippen LogP contribution in [0.1, 0.15) is 29.9 Å². The van der Waals surface area contributed by atoms with Gasteiger partial charge in [-0.1, -0.05) is 17.7 Å². The van der Waals surface area contributed by atoms with E-state index in [1.807, 2.05) is 32.0 Å². The lowest BCUT2D eigenvalue weighted by Crippen LogP contribution is -2.39. The summed E-state index contributed by atoms with van der Waals surface area (Å²) in [5.41, 5.74) is 4.14. The number of benzene rings is 1. The van der Waals surface area contributed by atoms with Crippen molar-refractivity contribution in [2.24, 2.45) is 0 Å². The van der Waals surface area contributed by atoms with Crippen LogP contribution in [0.5, 0.6) is 11.5 Å². The lowest BCUT2D eigenvalue weighted by atomic mass is 10.0. The van der Waals surface area contributed by atoms with Crippen LogP contribution in [0.25, 0.3) is 11.3 Å². The summed E-state index contributed by atoms with van der Waals surface area (Å²) in [5, 5.41) is 6.87. The van der Waals surface area contributed by atoms with Crippen molar-refractivity contribution in [1.82, 2.24) is 15.3 Å². The minimum Gasteiger partial charge on any atom is -0.493 e. The maximum absolute atomic E-state index is 13.0. The Balaban J connectivity index is 1.86. The Morgan fingerprint density at radius 3 is 2.88 bits per heavy atom. The summed E-state index contributed by atoms with van der Waals surface area (Å²) < 4.78 is 16.8. The summed E-state index contributed by atoms with van der Waals surface area (Å²) in [7, 11) is 3.18. The molecule has 1 amide bonds. The molecule has 0 saturated heterocycles. The Labute approximate surface area is 197 Å². The number of amides is 1. The molecule has 4 rings (SSSR count). The number of pyridine rings is 1. The Morgan fingerprint density at radius 2 is 2.12 bits per heavy atom. The van der Waals surface area contributed by atoms with Crippen molar-refractivity contribution >= 4 is 28.9 Å². The molecule has 2 atom stereocenters. The molecule has 0 bridgehead atoms. The molecular formula is C24H27ClN4O4. The Kier molecular flexibility index (Phi) is 6.76. The number of fused-ring (bicyclic) bond motifs is 1. The number of anilines is 2. The maximum Gasteiger partial charge on any atom is 0.255 e. The minimum atomic E-state index is -0.185. The van der Waals surface area contributed by atoms with E-state index in [4.69, 9.17) is 25.8 Å². The Bertz CT molecular complexity index is 1160. The number of hydrogen-bond acceptors (Lipinski definition) is 6. The fraction of sp³-hybridized carbons (Fsp3) is 0.333. The van der Waals surface area contributed by atoms with Crippen LogP contribution in [0, 0.1) is 0 Å². The number of nitrogens with one attached hydrogen (secondary N) is 3. The fourth-order valence-electron chi connectivity index (χ4n) is 4.05. The van der Waals surface area contributed by atoms with Gasteiger partial charge in [0.05, 0.1) is 47.6 Å². The van der Waals surface area contributed by atoms with Crippen LogP contribution in [-0.2, 0) is 11.2 Å². The lowest BCUT2D eigenvalue weighted by Gasteiger charge is -2.21. The first kappa shape index (κ1) is 22.9. The van der Waals surface area contributed by atoms with Crippen LogP contribution in [0.4, 0.5) is 11.4 Å². The van der Waals surface area contributed by atoms with Gasteiger partial charge in [-0.3, -0.25) is 9.78 Å². The average molecular weight is 471 g/mol. The van der Waals surface area contributed by atoms with Crippen LogP contribution in [0.2, 0.25) is 5.02 Å². The van der Waals surface area contributed by atoms with Crippen molar-refractivity contribution in [3.05, 3.63) is 52.9 Å². The second-order valence-electron chi connectivity index (χ2n) is 8.01. The van der Waals surface area contributed by atoms with Crippen LogP contribution >= 0.6 is 11.6 Å². The largest absolute Gasteiger partial charge is 0.493 e. The maximum atomic E-state index is 13.0. The van der Waals surface area contributed by atoms with Gasteiger partial charge < -0.3 is 29.8 Å². The molecule has 8 nitrogen and oxygen atoms in total. The highest BCUT2D eigenvalue weighted by molar-refractivity contribution is 6.32. The van der Waals surface area contributed by atoms with Crippen molar-refractivity contribution in [3.63, 3.8) is 0 Å². The number of halogens is 1. The van der Waals surface area contributed by atoms with Crippen molar-refractivity contribution in [2.75, 3.05) is 26.1 Å². The number of methoxy groups -OCH3 is 2. The first-order chi connectivity index (χ1) is 15.9. The summed E-state index contributed by atoms with van der Waals surface area (Å²) in [4.78, 5) is 20.7. The van der Waals surface area contributed by atoms with Gasteiger partial charge in [-0.05, 0) is 32.0 Å². The molecule has 3 heterocycles. The third-order valence-corrected chi connectivity index (χ3v) is 5.70. The number of rotatable bonds is 8. The van der Waals surface area contributed by atoms with Gasteiger partial charge in [-0.25, -0.2) is 0 Å². The second-order valence-corrected chi connectivity index (χ2v) is 8.42. The zero-order valence-electron chi connectivity index (χ0n) is 19.0. The monoisotopic (exact) mass is 470 g/mol. The van der Waals surface area contributed by atoms with Crippen molar-refractivity contribution in [2.45, 2.75) is 32.4 Å². The van der Waals surface area contributed by atoms with Gasteiger partial charge in [0.2, 0.25) is 0 Å². The molecule has 33 heavy (non-hydrogen) atoms. The number of aromatic amines is 1. The first-order valence-corrected chi connectivity index (χ1v) is 11.1. The molecule has 0 saturated carbocycles. The number of H-pyrrole nitrogens is 1. The van der Waals surface area contributed by atoms with Gasteiger partial charge in [0.25, 0.3) is 5.91 Å². The molecule has 0 unspecified atom stereocenters. The van der Waals surface area contributed by atoms with E-state index in [0.717, 1.165) is 11.3 Å². The fourth-order valence-corrected chi connectivity index (χ4v) is 4.30. The summed E-state index contributed by atoms with van der Waals surface area (Å²) in [6.45, 7) is 4.33. The Hall–Kier alpha value is -3.23. The van der Waals surface area contributed by atoms with E-state index in [9.17, 15) is 4.79 Å². The highest BCUT2D eigenvalue weighted by atomic mass is 35.5. The molecule has 2 aromatic heterocycles. The van der Waals surface area contributed by atoms with Crippen LogP contribution in [0.15, 0.2) is 36.7 Å². The molecule has 174 valence electrons. The zero-order valence-corrected chi connectivity index (χ0v) is 19.7. The molecular weight excluding hydrogens is 444 g/mol. The van der Waals surface area contributed by atoms with E-state index in [1.165, 1.54) is 0 Å². The number of para-hydroxylation sites is 1. The molecule has 0 spiro atoms. The predicted octanol–water partition coefficient (Wildman–Crippen LogP) is 4.57. The predicted molar refractivity (Wildman–Crippen MR) is 128 cm³/mol. The standard InChI is InChI=1S/C24H27ClN4O4/c1-13-10-18-20(24(30)27-13)22(28-17-7-5-6-16(25)23(17)32-4)21(29-18)15-8-9-26-11-19(15)33-14(2)12-31-3/h5-9,11,13-14,28-29H,10,12H2,1-4H3,(H,27,30)/t13-,14+/m1/s1. The molecule has 0 fully saturated rings. The quantitative estimate of drug-likeness (QED) is 0.446. The highest BCUT2D eigenvalue weighted by Gasteiger charge is 2.31. The van der Waals surface area contributed by atoms with Gasteiger partial charge >= 0.3 is 0 Å². The number of nitrogens with zero attached hydrogens (tertiary/aromatic N) is 1. The topological polar surface area (TPSA) is 97.5 Å². The van der Waals surface area contributed by atoms with E-state index in [-0.39, 0.29) is 18.1 Å². The first-order valence-electron chi connectivity index (χ1n) is 10.7. The molecule has 1 aliphatic heterocycles.